The average molecular weight is 499 g/mol. The number of fused-ring (bicyclic) bond motifs is 1. The van der Waals surface area contributed by atoms with E-state index in [-0.39, 0.29) is 24.0 Å². The second kappa shape index (κ2) is 8.57. The van der Waals surface area contributed by atoms with Crippen molar-refractivity contribution in [3.05, 3.63) is 83.1 Å². The van der Waals surface area contributed by atoms with Gasteiger partial charge in [0.15, 0.2) is 5.69 Å². The molecule has 1 amide bonds. The summed E-state index contributed by atoms with van der Waals surface area (Å²) in [5.74, 6) is 0.0998. The van der Waals surface area contributed by atoms with Crippen molar-refractivity contribution < 1.29 is 9.18 Å². The molecule has 0 bridgehead atoms. The van der Waals surface area contributed by atoms with Crippen molar-refractivity contribution in [3.63, 3.8) is 0 Å². The maximum absolute atomic E-state index is 15.4. The summed E-state index contributed by atoms with van der Waals surface area (Å²) >= 11 is 0. The Labute approximate surface area is 210 Å². The van der Waals surface area contributed by atoms with Crippen LogP contribution in [0.25, 0.3) is 11.3 Å². The molecule has 4 heterocycles. The van der Waals surface area contributed by atoms with E-state index in [9.17, 15) is 4.79 Å². The summed E-state index contributed by atoms with van der Waals surface area (Å²) in [6, 6.07) is 7.72. The first-order valence-corrected chi connectivity index (χ1v) is 12.3. The minimum atomic E-state index is -0.450. The van der Waals surface area contributed by atoms with E-state index < -0.39 is 5.91 Å². The SMILES string of the molecule is O=C(NCc1c(-n2cnnn2)ccc(C2CC2)c1F)c1cn(Cc2cn3cc(C4CC4)ccc3n2)nn1. The number of nitrogens with zero attached hydrogens (tertiary/aromatic N) is 9. The summed E-state index contributed by atoms with van der Waals surface area (Å²) < 4.78 is 20.4. The van der Waals surface area contributed by atoms with Crippen molar-refractivity contribution in [1.29, 1.82) is 0 Å². The highest BCUT2D eigenvalue weighted by molar-refractivity contribution is 5.91. The molecule has 0 aliphatic heterocycles. The Hall–Kier alpha value is -4.48. The van der Waals surface area contributed by atoms with Crippen molar-refractivity contribution >= 4 is 11.6 Å². The van der Waals surface area contributed by atoms with E-state index in [1.165, 1.54) is 29.4 Å². The van der Waals surface area contributed by atoms with Crippen molar-refractivity contribution in [3.8, 4) is 5.69 Å². The maximum Gasteiger partial charge on any atom is 0.273 e. The minimum absolute atomic E-state index is 0.0386. The first-order chi connectivity index (χ1) is 18.1. The van der Waals surface area contributed by atoms with Gasteiger partial charge >= 0.3 is 0 Å². The number of halogens is 1. The van der Waals surface area contributed by atoms with E-state index in [1.807, 2.05) is 16.7 Å². The number of tetrazole rings is 1. The fourth-order valence-corrected chi connectivity index (χ4v) is 4.69. The number of carbonyl (C=O) groups excluding carboxylic acids is 1. The molecule has 186 valence electrons. The number of imidazole rings is 1. The molecule has 1 aromatic carbocycles. The topological polar surface area (TPSA) is 121 Å². The molecule has 4 aromatic heterocycles. The third-order valence-electron chi connectivity index (χ3n) is 6.95. The summed E-state index contributed by atoms with van der Waals surface area (Å²) in [7, 11) is 0. The predicted molar refractivity (Wildman–Crippen MR) is 129 cm³/mol. The Morgan fingerprint density at radius 1 is 1.03 bits per heavy atom. The van der Waals surface area contributed by atoms with Gasteiger partial charge in [0.05, 0.1) is 24.1 Å². The average Bonchev–Trinajstić information content (AvgIpc) is 3.78. The lowest BCUT2D eigenvalue weighted by Gasteiger charge is -2.13. The Kier molecular flexibility index (Phi) is 5.05. The van der Waals surface area contributed by atoms with Gasteiger partial charge < -0.3 is 9.72 Å². The van der Waals surface area contributed by atoms with Crippen LogP contribution in [0.15, 0.2) is 49.2 Å². The number of pyridine rings is 1. The summed E-state index contributed by atoms with van der Waals surface area (Å²) in [6.45, 7) is 0.339. The summed E-state index contributed by atoms with van der Waals surface area (Å²) in [4.78, 5) is 17.5. The molecule has 11 nitrogen and oxygen atoms in total. The van der Waals surface area contributed by atoms with Crippen molar-refractivity contribution in [2.45, 2.75) is 50.6 Å². The standard InChI is InChI=1S/C25H23FN10O/c26-24-19(16-3-4-16)6-7-22(36-14-28-31-33-36)20(24)9-27-25(37)21-13-35(32-30-21)12-18-11-34-10-17(15-1-2-15)5-8-23(34)29-18/h5-8,10-11,13-16H,1-4,9,12H2,(H,27,37). The molecule has 0 spiro atoms. The van der Waals surface area contributed by atoms with Gasteiger partial charge in [0.2, 0.25) is 0 Å². The number of amides is 1. The van der Waals surface area contributed by atoms with Gasteiger partial charge in [-0.15, -0.1) is 10.2 Å². The Bertz CT molecular complexity index is 1610. The zero-order valence-electron chi connectivity index (χ0n) is 19.8. The van der Waals surface area contributed by atoms with Crippen molar-refractivity contribution in [2.75, 3.05) is 0 Å². The lowest BCUT2D eigenvalue weighted by Crippen LogP contribution is -2.25. The normalized spacial score (nSPS) is 15.4. The largest absolute Gasteiger partial charge is 0.346 e. The zero-order chi connectivity index (χ0) is 24.9. The molecule has 2 saturated carbocycles. The highest BCUT2D eigenvalue weighted by atomic mass is 19.1. The Morgan fingerprint density at radius 3 is 2.68 bits per heavy atom. The maximum atomic E-state index is 15.4. The Morgan fingerprint density at radius 2 is 1.89 bits per heavy atom. The van der Waals surface area contributed by atoms with Crippen LogP contribution in [0, 0.1) is 5.82 Å². The fourth-order valence-electron chi connectivity index (χ4n) is 4.69. The summed E-state index contributed by atoms with van der Waals surface area (Å²) in [5, 5.41) is 22.0. The Balaban J connectivity index is 1.07. The molecule has 0 radical (unpaired) electrons. The number of rotatable bonds is 8. The zero-order valence-corrected chi connectivity index (χ0v) is 19.8. The highest BCUT2D eigenvalue weighted by Gasteiger charge is 2.29. The molecule has 1 N–H and O–H groups in total. The second-order valence-corrected chi connectivity index (χ2v) is 9.71. The molecule has 12 heteroatoms. The lowest BCUT2D eigenvalue weighted by molar-refractivity contribution is 0.0945. The van der Waals surface area contributed by atoms with Crippen LogP contribution < -0.4 is 5.32 Å². The lowest BCUT2D eigenvalue weighted by atomic mass is 10.0. The number of hydrogen-bond acceptors (Lipinski definition) is 7. The van der Waals surface area contributed by atoms with Gasteiger partial charge in [-0.2, -0.15) is 0 Å². The molecular formula is C25H23FN10O. The second-order valence-electron chi connectivity index (χ2n) is 9.71. The highest BCUT2D eigenvalue weighted by Crippen LogP contribution is 2.42. The van der Waals surface area contributed by atoms with Crippen molar-refractivity contribution in [2.24, 2.45) is 0 Å². The predicted octanol–water partition coefficient (Wildman–Crippen LogP) is 2.77. The molecule has 5 aromatic rings. The number of hydrogen-bond donors (Lipinski definition) is 1. The van der Waals surface area contributed by atoms with Crippen LogP contribution in [0.5, 0.6) is 0 Å². The van der Waals surface area contributed by atoms with Crippen LogP contribution in [0.3, 0.4) is 0 Å². The van der Waals surface area contributed by atoms with Crippen LogP contribution in [-0.4, -0.2) is 50.5 Å². The van der Waals surface area contributed by atoms with Crippen LogP contribution in [0.2, 0.25) is 0 Å². The van der Waals surface area contributed by atoms with Crippen molar-refractivity contribution in [1.82, 2.24) is 49.9 Å². The smallest absolute Gasteiger partial charge is 0.273 e. The van der Waals surface area contributed by atoms with E-state index >= 15 is 4.39 Å². The molecule has 37 heavy (non-hydrogen) atoms. The van der Waals surface area contributed by atoms with Gasteiger partial charge in [0.25, 0.3) is 5.91 Å². The third kappa shape index (κ3) is 4.24. The van der Waals surface area contributed by atoms with E-state index in [0.29, 0.717) is 29.3 Å². The fraction of sp³-hybridized carbons (Fsp3) is 0.320. The van der Waals surface area contributed by atoms with Crippen LogP contribution in [0.4, 0.5) is 4.39 Å². The molecule has 7 rings (SSSR count). The number of benzene rings is 1. The van der Waals surface area contributed by atoms with E-state index in [4.69, 9.17) is 0 Å². The van der Waals surface area contributed by atoms with Crippen LogP contribution in [0.1, 0.15) is 70.4 Å². The van der Waals surface area contributed by atoms with E-state index in [2.05, 4.69) is 48.4 Å². The van der Waals surface area contributed by atoms with Crippen LogP contribution >= 0.6 is 0 Å². The van der Waals surface area contributed by atoms with Gasteiger partial charge in [-0.1, -0.05) is 17.3 Å². The molecule has 0 unspecified atom stereocenters. The summed E-state index contributed by atoms with van der Waals surface area (Å²) in [5.41, 5.74) is 4.62. The molecule has 2 fully saturated rings. The quantitative estimate of drug-likeness (QED) is 0.349. The van der Waals surface area contributed by atoms with Gasteiger partial charge in [-0.05, 0) is 71.2 Å². The van der Waals surface area contributed by atoms with Gasteiger partial charge in [-0.3, -0.25) is 4.79 Å². The molecule has 0 atom stereocenters. The number of nitrogens with one attached hydrogen (secondary N) is 1. The van der Waals surface area contributed by atoms with Crippen LogP contribution in [-0.2, 0) is 13.1 Å². The first-order valence-electron chi connectivity index (χ1n) is 12.3. The molecule has 2 aliphatic rings. The first kappa shape index (κ1) is 21.8. The summed E-state index contributed by atoms with van der Waals surface area (Å²) in [6.07, 6.45) is 11.5. The molecular weight excluding hydrogens is 475 g/mol. The molecule has 2 aliphatic carbocycles. The van der Waals surface area contributed by atoms with Gasteiger partial charge in [-0.25, -0.2) is 18.7 Å². The van der Waals surface area contributed by atoms with Gasteiger partial charge in [0, 0.05) is 24.5 Å². The number of carbonyl (C=O) groups is 1. The molecule has 0 saturated heterocycles. The monoisotopic (exact) mass is 498 g/mol. The third-order valence-corrected chi connectivity index (χ3v) is 6.95. The minimum Gasteiger partial charge on any atom is -0.346 e. The van der Waals surface area contributed by atoms with E-state index in [0.717, 1.165) is 24.2 Å². The van der Waals surface area contributed by atoms with Gasteiger partial charge in [0.1, 0.15) is 17.8 Å². The van der Waals surface area contributed by atoms with E-state index in [1.54, 1.807) is 23.0 Å². The number of aromatic nitrogens is 9.